The summed E-state index contributed by atoms with van der Waals surface area (Å²) >= 11 is 0. The zero-order valence-corrected chi connectivity index (χ0v) is 10.8. The summed E-state index contributed by atoms with van der Waals surface area (Å²) in [6.07, 6.45) is 1.13. The van der Waals surface area contributed by atoms with E-state index in [1.165, 1.54) is 6.26 Å². The fraction of sp³-hybridized carbons (Fsp3) is 0.636. The standard InChI is InChI=1S/C11H18N2O5/c1-4-17-10(14)9-7-18-11(13-9)12-5-8(16-3)6-15-2/h7-8H,4-6H2,1-3H3,(H,12,13). The van der Waals surface area contributed by atoms with Crippen molar-refractivity contribution in [3.8, 4) is 0 Å². The molecule has 0 spiro atoms. The highest BCUT2D eigenvalue weighted by molar-refractivity contribution is 5.87. The lowest BCUT2D eigenvalue weighted by Gasteiger charge is -2.13. The van der Waals surface area contributed by atoms with Crippen LogP contribution in [-0.4, -0.2) is 51.0 Å². The Morgan fingerprint density at radius 2 is 2.33 bits per heavy atom. The van der Waals surface area contributed by atoms with Crippen LogP contribution in [0.3, 0.4) is 0 Å². The molecular weight excluding hydrogens is 240 g/mol. The van der Waals surface area contributed by atoms with Crippen LogP contribution in [0.4, 0.5) is 6.01 Å². The maximum absolute atomic E-state index is 11.3. The molecule has 1 unspecified atom stereocenters. The Balaban J connectivity index is 2.46. The lowest BCUT2D eigenvalue weighted by molar-refractivity contribution is 0.0363. The summed E-state index contributed by atoms with van der Waals surface area (Å²) in [5.41, 5.74) is 0.139. The van der Waals surface area contributed by atoms with E-state index in [9.17, 15) is 4.79 Å². The van der Waals surface area contributed by atoms with Gasteiger partial charge < -0.3 is 23.9 Å². The van der Waals surface area contributed by atoms with Crippen molar-refractivity contribution < 1.29 is 23.4 Å². The molecular formula is C11H18N2O5. The van der Waals surface area contributed by atoms with Gasteiger partial charge in [0.25, 0.3) is 6.01 Å². The average Bonchev–Trinajstić information content (AvgIpc) is 2.83. The van der Waals surface area contributed by atoms with Gasteiger partial charge in [0, 0.05) is 20.8 Å². The molecule has 102 valence electrons. The summed E-state index contributed by atoms with van der Waals surface area (Å²) < 4.78 is 20.0. The predicted molar refractivity (Wildman–Crippen MR) is 63.6 cm³/mol. The lowest BCUT2D eigenvalue weighted by atomic mass is 10.4. The summed E-state index contributed by atoms with van der Waals surface area (Å²) in [5, 5.41) is 2.91. The quantitative estimate of drug-likeness (QED) is 0.694. The van der Waals surface area contributed by atoms with Crippen molar-refractivity contribution in [2.24, 2.45) is 0 Å². The number of nitrogens with one attached hydrogen (secondary N) is 1. The summed E-state index contributed by atoms with van der Waals surface area (Å²) in [7, 11) is 3.18. The predicted octanol–water partition coefficient (Wildman–Crippen LogP) is 0.925. The van der Waals surface area contributed by atoms with Gasteiger partial charge in [-0.15, -0.1) is 0 Å². The van der Waals surface area contributed by atoms with E-state index in [1.807, 2.05) is 0 Å². The number of oxazole rings is 1. The Labute approximate surface area is 105 Å². The van der Waals surface area contributed by atoms with E-state index in [-0.39, 0.29) is 17.8 Å². The highest BCUT2D eigenvalue weighted by atomic mass is 16.5. The molecule has 18 heavy (non-hydrogen) atoms. The molecule has 7 nitrogen and oxygen atoms in total. The molecule has 1 atom stereocenters. The first-order valence-corrected chi connectivity index (χ1v) is 5.59. The van der Waals surface area contributed by atoms with E-state index < -0.39 is 5.97 Å². The highest BCUT2D eigenvalue weighted by Crippen LogP contribution is 2.09. The maximum atomic E-state index is 11.3. The summed E-state index contributed by atoms with van der Waals surface area (Å²) in [6.45, 7) is 2.95. The van der Waals surface area contributed by atoms with Crippen LogP contribution >= 0.6 is 0 Å². The van der Waals surface area contributed by atoms with Crippen molar-refractivity contribution in [2.45, 2.75) is 13.0 Å². The number of esters is 1. The smallest absolute Gasteiger partial charge is 0.360 e. The number of nitrogens with zero attached hydrogens (tertiary/aromatic N) is 1. The minimum atomic E-state index is -0.505. The number of rotatable bonds is 8. The second-order valence-corrected chi connectivity index (χ2v) is 3.45. The first-order chi connectivity index (χ1) is 8.71. The Morgan fingerprint density at radius 3 is 2.94 bits per heavy atom. The topological polar surface area (TPSA) is 82.8 Å². The molecule has 1 rings (SSSR count). The van der Waals surface area contributed by atoms with Crippen LogP contribution < -0.4 is 5.32 Å². The monoisotopic (exact) mass is 258 g/mol. The van der Waals surface area contributed by atoms with Crippen LogP contribution in [0, 0.1) is 0 Å². The molecule has 0 saturated heterocycles. The molecule has 0 radical (unpaired) electrons. The van der Waals surface area contributed by atoms with Gasteiger partial charge in [-0.2, -0.15) is 4.98 Å². The largest absolute Gasteiger partial charge is 0.461 e. The van der Waals surface area contributed by atoms with Crippen LogP contribution in [0.1, 0.15) is 17.4 Å². The van der Waals surface area contributed by atoms with Crippen LogP contribution in [-0.2, 0) is 14.2 Å². The third-order valence-corrected chi connectivity index (χ3v) is 2.16. The molecule has 0 bridgehead atoms. The molecule has 1 heterocycles. The van der Waals surface area contributed by atoms with Gasteiger partial charge in [-0.3, -0.25) is 0 Å². The number of hydrogen-bond acceptors (Lipinski definition) is 7. The Bertz CT molecular complexity index is 366. The minimum Gasteiger partial charge on any atom is -0.461 e. The zero-order valence-electron chi connectivity index (χ0n) is 10.8. The van der Waals surface area contributed by atoms with Crippen molar-refractivity contribution in [3.05, 3.63) is 12.0 Å². The number of carbonyl (C=O) groups excluding carboxylic acids is 1. The number of ether oxygens (including phenoxy) is 3. The molecule has 0 saturated carbocycles. The third kappa shape index (κ3) is 4.34. The first-order valence-electron chi connectivity index (χ1n) is 5.59. The van der Waals surface area contributed by atoms with Crippen LogP contribution in [0.15, 0.2) is 10.7 Å². The van der Waals surface area contributed by atoms with Gasteiger partial charge in [-0.25, -0.2) is 4.79 Å². The molecule has 0 aromatic carbocycles. The minimum absolute atomic E-state index is 0.118. The SMILES string of the molecule is CCOC(=O)c1coc(NCC(COC)OC)n1. The molecule has 7 heteroatoms. The number of hydrogen-bond donors (Lipinski definition) is 1. The van der Waals surface area contributed by atoms with Crippen LogP contribution in [0.5, 0.6) is 0 Å². The van der Waals surface area contributed by atoms with Gasteiger partial charge in [-0.1, -0.05) is 0 Å². The first kappa shape index (κ1) is 14.5. The molecule has 0 fully saturated rings. The van der Waals surface area contributed by atoms with Crippen LogP contribution in [0.25, 0.3) is 0 Å². The van der Waals surface area contributed by atoms with E-state index in [1.54, 1.807) is 21.1 Å². The number of aromatic nitrogens is 1. The van der Waals surface area contributed by atoms with Gasteiger partial charge >= 0.3 is 5.97 Å². The normalized spacial score (nSPS) is 12.2. The Kier molecular flexibility index (Phi) is 6.16. The molecule has 1 aromatic rings. The number of anilines is 1. The van der Waals surface area contributed by atoms with Crippen molar-refractivity contribution >= 4 is 12.0 Å². The highest BCUT2D eigenvalue weighted by Gasteiger charge is 2.14. The third-order valence-electron chi connectivity index (χ3n) is 2.16. The lowest BCUT2D eigenvalue weighted by Crippen LogP contribution is -2.26. The fourth-order valence-electron chi connectivity index (χ4n) is 1.25. The summed E-state index contributed by atoms with van der Waals surface area (Å²) in [5.74, 6) is -0.505. The second-order valence-electron chi connectivity index (χ2n) is 3.45. The van der Waals surface area contributed by atoms with Gasteiger partial charge in [0.05, 0.1) is 19.3 Å². The fourth-order valence-corrected chi connectivity index (χ4v) is 1.25. The molecule has 0 amide bonds. The van der Waals surface area contributed by atoms with Crippen molar-refractivity contribution in [2.75, 3.05) is 39.3 Å². The average molecular weight is 258 g/mol. The number of methoxy groups -OCH3 is 2. The van der Waals surface area contributed by atoms with Crippen molar-refractivity contribution in [3.63, 3.8) is 0 Å². The van der Waals surface area contributed by atoms with Gasteiger partial charge in [-0.05, 0) is 6.92 Å². The molecule has 0 aliphatic heterocycles. The summed E-state index contributed by atoms with van der Waals surface area (Å²) in [6, 6.07) is 0.246. The van der Waals surface area contributed by atoms with E-state index in [2.05, 4.69) is 10.3 Å². The van der Waals surface area contributed by atoms with Gasteiger partial charge in [0.1, 0.15) is 6.26 Å². The van der Waals surface area contributed by atoms with Gasteiger partial charge in [0.15, 0.2) is 5.69 Å². The Hall–Kier alpha value is -1.60. The van der Waals surface area contributed by atoms with E-state index in [4.69, 9.17) is 18.6 Å². The summed E-state index contributed by atoms with van der Waals surface area (Å²) in [4.78, 5) is 15.3. The molecule has 0 aliphatic carbocycles. The van der Waals surface area contributed by atoms with E-state index >= 15 is 0 Å². The number of carbonyl (C=O) groups is 1. The molecule has 1 N–H and O–H groups in total. The van der Waals surface area contributed by atoms with Crippen LogP contribution in [0.2, 0.25) is 0 Å². The molecule has 0 aliphatic rings. The van der Waals surface area contributed by atoms with E-state index in [0.717, 1.165) is 0 Å². The van der Waals surface area contributed by atoms with Crippen molar-refractivity contribution in [1.29, 1.82) is 0 Å². The van der Waals surface area contributed by atoms with Gasteiger partial charge in [0.2, 0.25) is 0 Å². The Morgan fingerprint density at radius 1 is 1.56 bits per heavy atom. The van der Waals surface area contributed by atoms with E-state index in [0.29, 0.717) is 19.8 Å². The molecule has 1 aromatic heterocycles. The maximum Gasteiger partial charge on any atom is 0.360 e. The second kappa shape index (κ2) is 7.67. The zero-order chi connectivity index (χ0) is 13.4. The van der Waals surface area contributed by atoms with Crippen molar-refractivity contribution in [1.82, 2.24) is 4.98 Å².